The normalized spacial score (nSPS) is 12.4. The Morgan fingerprint density at radius 3 is 2.52 bits per heavy atom. The van der Waals surface area contributed by atoms with E-state index in [0.29, 0.717) is 6.42 Å². The molecule has 0 heterocycles. The number of methoxy groups -OCH3 is 1. The maximum absolute atomic E-state index is 11.8. The van der Waals surface area contributed by atoms with E-state index in [1.54, 1.807) is 20.8 Å². The number of nitrogens with one attached hydrogen (secondary N) is 1. The number of carbonyl (C=O) groups excluding carboxylic acids is 2. The second kappa shape index (κ2) is 7.45. The van der Waals surface area contributed by atoms with Gasteiger partial charge in [0, 0.05) is 10.9 Å². The fraction of sp³-hybridized carbons (Fsp3) is 0.467. The molecule has 0 aliphatic heterocycles. The van der Waals surface area contributed by atoms with E-state index < -0.39 is 23.7 Å². The van der Waals surface area contributed by atoms with Gasteiger partial charge in [-0.3, -0.25) is 0 Å². The Kier molecular flexibility index (Phi) is 6.20. The number of hydrogen-bond acceptors (Lipinski definition) is 4. The van der Waals surface area contributed by atoms with Crippen molar-refractivity contribution >= 4 is 28.0 Å². The van der Waals surface area contributed by atoms with Gasteiger partial charge in [0.2, 0.25) is 0 Å². The predicted molar refractivity (Wildman–Crippen MR) is 83.0 cm³/mol. The van der Waals surface area contributed by atoms with Crippen molar-refractivity contribution in [2.75, 3.05) is 7.11 Å². The fourth-order valence-corrected chi connectivity index (χ4v) is 2.13. The van der Waals surface area contributed by atoms with Crippen molar-refractivity contribution < 1.29 is 19.1 Å². The van der Waals surface area contributed by atoms with Gasteiger partial charge in [-0.05, 0) is 38.5 Å². The standard InChI is InChI=1S/C15H20BrNO4/c1-15(2,3)21-14(19)17-12(13(18)20-4)9-10-6-5-7-11(16)8-10/h5-8,12H,9H2,1-4H3,(H,17,19)/t12-/m0/s1. The molecule has 1 aromatic carbocycles. The molecular weight excluding hydrogens is 338 g/mol. The number of amides is 1. The minimum atomic E-state index is -0.792. The molecule has 6 heteroatoms. The number of halogens is 1. The first-order valence-corrected chi connectivity index (χ1v) is 7.32. The molecule has 1 N–H and O–H groups in total. The van der Waals surface area contributed by atoms with Crippen molar-refractivity contribution in [1.29, 1.82) is 0 Å². The highest BCUT2D eigenvalue weighted by molar-refractivity contribution is 9.10. The zero-order valence-electron chi connectivity index (χ0n) is 12.6. The number of esters is 1. The first-order valence-electron chi connectivity index (χ1n) is 6.53. The van der Waals surface area contributed by atoms with Crippen molar-refractivity contribution in [3.05, 3.63) is 34.3 Å². The largest absolute Gasteiger partial charge is 0.467 e. The second-order valence-corrected chi connectivity index (χ2v) is 6.47. The molecule has 0 radical (unpaired) electrons. The molecule has 0 unspecified atom stereocenters. The molecule has 0 aliphatic carbocycles. The van der Waals surface area contributed by atoms with Gasteiger partial charge in [0.25, 0.3) is 0 Å². The average Bonchev–Trinajstić information content (AvgIpc) is 2.34. The molecule has 0 aliphatic rings. The number of carbonyl (C=O) groups is 2. The molecule has 21 heavy (non-hydrogen) atoms. The van der Waals surface area contributed by atoms with Crippen molar-refractivity contribution in [3.63, 3.8) is 0 Å². The predicted octanol–water partition coefficient (Wildman–Crippen LogP) is 3.06. The number of benzene rings is 1. The summed E-state index contributed by atoms with van der Waals surface area (Å²) in [5.41, 5.74) is 0.274. The van der Waals surface area contributed by atoms with E-state index in [4.69, 9.17) is 9.47 Å². The monoisotopic (exact) mass is 357 g/mol. The van der Waals surface area contributed by atoms with E-state index in [2.05, 4.69) is 21.2 Å². The number of hydrogen-bond donors (Lipinski definition) is 1. The highest BCUT2D eigenvalue weighted by Crippen LogP contribution is 2.14. The first-order chi connectivity index (χ1) is 9.71. The van der Waals surface area contributed by atoms with Crippen LogP contribution in [0.25, 0.3) is 0 Å². The average molecular weight is 358 g/mol. The topological polar surface area (TPSA) is 64.6 Å². The van der Waals surface area contributed by atoms with E-state index in [0.717, 1.165) is 10.0 Å². The van der Waals surface area contributed by atoms with E-state index in [9.17, 15) is 9.59 Å². The summed E-state index contributed by atoms with van der Waals surface area (Å²) in [6.45, 7) is 5.27. The molecule has 1 aromatic rings. The zero-order chi connectivity index (χ0) is 16.0. The maximum atomic E-state index is 11.8. The Balaban J connectivity index is 2.77. The Labute approximate surface area is 133 Å². The van der Waals surface area contributed by atoms with Crippen LogP contribution in [0, 0.1) is 0 Å². The van der Waals surface area contributed by atoms with Gasteiger partial charge in [-0.1, -0.05) is 28.1 Å². The van der Waals surface area contributed by atoms with Crippen molar-refractivity contribution in [2.45, 2.75) is 38.8 Å². The molecule has 0 fully saturated rings. The SMILES string of the molecule is COC(=O)[C@H](Cc1cccc(Br)c1)NC(=O)OC(C)(C)C. The molecule has 5 nitrogen and oxygen atoms in total. The zero-order valence-corrected chi connectivity index (χ0v) is 14.2. The Morgan fingerprint density at radius 1 is 1.33 bits per heavy atom. The van der Waals surface area contributed by atoms with Gasteiger partial charge in [0.1, 0.15) is 11.6 Å². The molecule has 116 valence electrons. The van der Waals surface area contributed by atoms with E-state index in [1.807, 2.05) is 24.3 Å². The number of alkyl carbamates (subject to hydrolysis) is 1. The van der Waals surface area contributed by atoms with Crippen LogP contribution in [0.5, 0.6) is 0 Å². The summed E-state index contributed by atoms with van der Waals surface area (Å²) in [6, 6.07) is 6.71. The third kappa shape index (κ3) is 6.62. The fourth-order valence-electron chi connectivity index (χ4n) is 1.69. The second-order valence-electron chi connectivity index (χ2n) is 5.56. The third-order valence-electron chi connectivity index (χ3n) is 2.51. The van der Waals surface area contributed by atoms with E-state index in [1.165, 1.54) is 7.11 Å². The molecule has 0 spiro atoms. The van der Waals surface area contributed by atoms with Crippen LogP contribution in [0.3, 0.4) is 0 Å². The number of ether oxygens (including phenoxy) is 2. The van der Waals surface area contributed by atoms with Crippen LogP contribution in [0.15, 0.2) is 28.7 Å². The van der Waals surface area contributed by atoms with Gasteiger partial charge in [-0.15, -0.1) is 0 Å². The van der Waals surface area contributed by atoms with Crippen LogP contribution in [0.2, 0.25) is 0 Å². The summed E-state index contributed by atoms with van der Waals surface area (Å²) in [5.74, 6) is -0.513. The van der Waals surface area contributed by atoms with Crippen molar-refractivity contribution in [2.24, 2.45) is 0 Å². The van der Waals surface area contributed by atoms with Gasteiger partial charge >= 0.3 is 12.1 Å². The first kappa shape index (κ1) is 17.5. The minimum Gasteiger partial charge on any atom is -0.467 e. The molecule has 1 atom stereocenters. The van der Waals surface area contributed by atoms with Gasteiger partial charge in [-0.2, -0.15) is 0 Å². The molecule has 0 saturated heterocycles. The summed E-state index contributed by atoms with van der Waals surface area (Å²) >= 11 is 3.37. The highest BCUT2D eigenvalue weighted by Gasteiger charge is 2.25. The van der Waals surface area contributed by atoms with Crippen LogP contribution in [-0.4, -0.2) is 30.8 Å². The van der Waals surface area contributed by atoms with Crippen LogP contribution < -0.4 is 5.32 Å². The molecule has 1 amide bonds. The summed E-state index contributed by atoms with van der Waals surface area (Å²) < 4.78 is 10.8. The molecular formula is C15H20BrNO4. The Bertz CT molecular complexity index is 511. The van der Waals surface area contributed by atoms with Gasteiger partial charge < -0.3 is 14.8 Å². The lowest BCUT2D eigenvalue weighted by Gasteiger charge is -2.22. The van der Waals surface area contributed by atoms with Crippen LogP contribution in [-0.2, 0) is 20.7 Å². The molecule has 0 aromatic heterocycles. The lowest BCUT2D eigenvalue weighted by atomic mass is 10.1. The van der Waals surface area contributed by atoms with E-state index >= 15 is 0 Å². The third-order valence-corrected chi connectivity index (χ3v) is 3.00. The quantitative estimate of drug-likeness (QED) is 0.841. The van der Waals surface area contributed by atoms with Gasteiger partial charge in [0.15, 0.2) is 0 Å². The molecule has 0 saturated carbocycles. The van der Waals surface area contributed by atoms with Crippen LogP contribution in [0.1, 0.15) is 26.3 Å². The van der Waals surface area contributed by atoms with E-state index in [-0.39, 0.29) is 0 Å². The lowest BCUT2D eigenvalue weighted by molar-refractivity contribution is -0.143. The van der Waals surface area contributed by atoms with Crippen molar-refractivity contribution in [3.8, 4) is 0 Å². The summed E-state index contributed by atoms with van der Waals surface area (Å²) in [5, 5.41) is 2.54. The molecule has 1 rings (SSSR count). The Morgan fingerprint density at radius 2 is 2.00 bits per heavy atom. The smallest absolute Gasteiger partial charge is 0.408 e. The minimum absolute atomic E-state index is 0.325. The molecule has 0 bridgehead atoms. The highest BCUT2D eigenvalue weighted by atomic mass is 79.9. The van der Waals surface area contributed by atoms with Crippen LogP contribution in [0.4, 0.5) is 4.79 Å². The Hall–Kier alpha value is -1.56. The lowest BCUT2D eigenvalue weighted by Crippen LogP contribution is -2.45. The summed E-state index contributed by atoms with van der Waals surface area (Å²) in [4.78, 5) is 23.6. The number of rotatable bonds is 4. The van der Waals surface area contributed by atoms with Crippen LogP contribution >= 0.6 is 15.9 Å². The van der Waals surface area contributed by atoms with Gasteiger partial charge in [0.05, 0.1) is 7.11 Å². The van der Waals surface area contributed by atoms with Crippen molar-refractivity contribution in [1.82, 2.24) is 5.32 Å². The van der Waals surface area contributed by atoms with Gasteiger partial charge in [-0.25, -0.2) is 9.59 Å². The maximum Gasteiger partial charge on any atom is 0.408 e. The summed E-state index contributed by atoms with van der Waals surface area (Å²) in [7, 11) is 1.28. The summed E-state index contributed by atoms with van der Waals surface area (Å²) in [6.07, 6.45) is -0.321.